The third-order valence-corrected chi connectivity index (χ3v) is 5.50. The predicted octanol–water partition coefficient (Wildman–Crippen LogP) is 4.34. The molecule has 0 bridgehead atoms. The molecule has 2 N–H and O–H groups in total. The van der Waals surface area contributed by atoms with Crippen molar-refractivity contribution in [2.45, 2.75) is 11.8 Å². The van der Waals surface area contributed by atoms with Gasteiger partial charge in [-0.1, -0.05) is 34.4 Å². The zero-order valence-corrected chi connectivity index (χ0v) is 16.2. The van der Waals surface area contributed by atoms with Gasteiger partial charge in [-0.15, -0.1) is 0 Å². The Balaban J connectivity index is 1.85. The monoisotopic (exact) mass is 425 g/mol. The average Bonchev–Trinajstić information content (AvgIpc) is 3.04. The lowest BCUT2D eigenvalue weighted by Gasteiger charge is -2.12. The topological polar surface area (TPSA) is 101 Å². The maximum absolute atomic E-state index is 12.5. The maximum atomic E-state index is 12.5. The first-order valence-corrected chi connectivity index (χ1v) is 9.81. The molecule has 0 spiro atoms. The third-order valence-electron chi connectivity index (χ3n) is 3.57. The predicted molar refractivity (Wildman–Crippen MR) is 103 cm³/mol. The van der Waals surface area contributed by atoms with Gasteiger partial charge in [-0.2, -0.15) is 0 Å². The number of aromatic nitrogens is 1. The molecule has 27 heavy (non-hydrogen) atoms. The number of carbonyl (C=O) groups is 1. The van der Waals surface area contributed by atoms with E-state index in [4.69, 9.17) is 27.7 Å². The van der Waals surface area contributed by atoms with Crippen LogP contribution in [0.5, 0.6) is 0 Å². The second-order valence-corrected chi connectivity index (χ2v) is 8.03. The highest BCUT2D eigenvalue weighted by atomic mass is 35.5. The van der Waals surface area contributed by atoms with Crippen molar-refractivity contribution in [3.8, 4) is 0 Å². The summed E-state index contributed by atoms with van der Waals surface area (Å²) in [7, 11) is -3.91. The van der Waals surface area contributed by atoms with Gasteiger partial charge in [0.25, 0.3) is 15.9 Å². The van der Waals surface area contributed by atoms with E-state index in [9.17, 15) is 13.2 Å². The molecule has 0 saturated carbocycles. The summed E-state index contributed by atoms with van der Waals surface area (Å²) in [5.74, 6) is -0.0805. The summed E-state index contributed by atoms with van der Waals surface area (Å²) in [5, 5.41) is 6.63. The molecule has 0 unspecified atom stereocenters. The van der Waals surface area contributed by atoms with Gasteiger partial charge in [0.2, 0.25) is 0 Å². The summed E-state index contributed by atoms with van der Waals surface area (Å²) in [5.41, 5.74) is 0.719. The van der Waals surface area contributed by atoms with E-state index in [1.165, 1.54) is 36.5 Å². The molecule has 3 aromatic rings. The molecule has 0 aliphatic carbocycles. The van der Waals surface area contributed by atoms with Gasteiger partial charge in [0.05, 0.1) is 21.8 Å². The second-order valence-electron chi connectivity index (χ2n) is 5.51. The first kappa shape index (κ1) is 19.2. The van der Waals surface area contributed by atoms with E-state index < -0.39 is 15.9 Å². The summed E-state index contributed by atoms with van der Waals surface area (Å²) in [6.45, 7) is 1.61. The molecule has 0 atom stereocenters. The molecular weight excluding hydrogens is 413 g/mol. The van der Waals surface area contributed by atoms with Crippen molar-refractivity contribution >= 4 is 50.5 Å². The minimum Gasteiger partial charge on any atom is -0.361 e. The van der Waals surface area contributed by atoms with Gasteiger partial charge in [-0.05, 0) is 43.3 Å². The summed E-state index contributed by atoms with van der Waals surface area (Å²) in [6.07, 6.45) is 1.29. The molecule has 0 aliphatic heterocycles. The Bertz CT molecular complexity index is 1110. The van der Waals surface area contributed by atoms with Crippen LogP contribution in [0.3, 0.4) is 0 Å². The lowest BCUT2D eigenvalue weighted by Crippen LogP contribution is -2.15. The highest BCUT2D eigenvalue weighted by Crippen LogP contribution is 2.28. The molecule has 1 amide bonds. The van der Waals surface area contributed by atoms with Crippen molar-refractivity contribution in [1.29, 1.82) is 0 Å². The van der Waals surface area contributed by atoms with Gasteiger partial charge in [0.15, 0.2) is 0 Å². The van der Waals surface area contributed by atoms with Crippen LogP contribution >= 0.6 is 23.2 Å². The average molecular weight is 426 g/mol. The quantitative estimate of drug-likeness (QED) is 0.632. The lowest BCUT2D eigenvalue weighted by molar-refractivity contribution is 0.102. The van der Waals surface area contributed by atoms with Crippen LogP contribution in [0.4, 0.5) is 11.4 Å². The van der Waals surface area contributed by atoms with E-state index >= 15 is 0 Å². The van der Waals surface area contributed by atoms with Crippen molar-refractivity contribution < 1.29 is 17.7 Å². The SMILES string of the molecule is Cc1oncc1C(=O)Nc1ccc(Cl)c(NS(=O)(=O)c2cccc(Cl)c2)c1. The van der Waals surface area contributed by atoms with Crippen molar-refractivity contribution in [2.24, 2.45) is 0 Å². The number of hydrogen-bond acceptors (Lipinski definition) is 5. The van der Waals surface area contributed by atoms with Crippen LogP contribution in [0.2, 0.25) is 10.0 Å². The summed E-state index contributed by atoms with van der Waals surface area (Å²) in [6, 6.07) is 10.2. The van der Waals surface area contributed by atoms with Gasteiger partial charge < -0.3 is 9.84 Å². The van der Waals surface area contributed by atoms with Crippen LogP contribution in [-0.2, 0) is 10.0 Å². The van der Waals surface area contributed by atoms with Crippen LogP contribution < -0.4 is 10.0 Å². The van der Waals surface area contributed by atoms with Crippen LogP contribution in [0.1, 0.15) is 16.1 Å². The minimum atomic E-state index is -3.91. The highest BCUT2D eigenvalue weighted by molar-refractivity contribution is 7.92. The number of aryl methyl sites for hydroxylation is 1. The molecule has 2 aromatic carbocycles. The normalized spacial score (nSPS) is 11.2. The molecule has 0 radical (unpaired) electrons. The fourth-order valence-electron chi connectivity index (χ4n) is 2.23. The first-order valence-electron chi connectivity index (χ1n) is 7.57. The van der Waals surface area contributed by atoms with E-state index in [0.717, 1.165) is 0 Å². The van der Waals surface area contributed by atoms with Gasteiger partial charge in [-0.3, -0.25) is 9.52 Å². The Morgan fingerprint density at radius 3 is 2.59 bits per heavy atom. The number of nitrogens with zero attached hydrogens (tertiary/aromatic N) is 1. The van der Waals surface area contributed by atoms with Crippen LogP contribution in [-0.4, -0.2) is 19.5 Å². The highest BCUT2D eigenvalue weighted by Gasteiger charge is 2.18. The minimum absolute atomic E-state index is 0.0133. The first-order chi connectivity index (χ1) is 12.8. The number of anilines is 2. The zero-order chi connectivity index (χ0) is 19.6. The number of benzene rings is 2. The van der Waals surface area contributed by atoms with Crippen molar-refractivity contribution in [2.75, 3.05) is 10.0 Å². The molecule has 10 heteroatoms. The van der Waals surface area contributed by atoms with E-state index in [1.54, 1.807) is 19.1 Å². The molecule has 3 rings (SSSR count). The van der Waals surface area contributed by atoms with Crippen LogP contribution in [0.15, 0.2) is 58.1 Å². The van der Waals surface area contributed by atoms with Gasteiger partial charge in [0.1, 0.15) is 11.3 Å². The Kier molecular flexibility index (Phi) is 5.41. The second kappa shape index (κ2) is 7.59. The number of nitrogens with one attached hydrogen (secondary N) is 2. The number of hydrogen-bond donors (Lipinski definition) is 2. The van der Waals surface area contributed by atoms with Gasteiger partial charge >= 0.3 is 0 Å². The fourth-order valence-corrected chi connectivity index (χ4v) is 3.83. The summed E-state index contributed by atoms with van der Waals surface area (Å²) >= 11 is 11.9. The molecule has 1 aromatic heterocycles. The number of amides is 1. The Labute approximate surface area is 165 Å². The van der Waals surface area contributed by atoms with Gasteiger partial charge in [0, 0.05) is 10.7 Å². The fraction of sp³-hybridized carbons (Fsp3) is 0.0588. The zero-order valence-electron chi connectivity index (χ0n) is 13.9. The molecule has 0 saturated heterocycles. The lowest BCUT2D eigenvalue weighted by atomic mass is 10.2. The van der Waals surface area contributed by atoms with Crippen LogP contribution in [0.25, 0.3) is 0 Å². The summed E-state index contributed by atoms with van der Waals surface area (Å²) in [4.78, 5) is 12.2. The molecule has 7 nitrogen and oxygen atoms in total. The molecule has 1 heterocycles. The number of sulfonamides is 1. The van der Waals surface area contributed by atoms with E-state index in [0.29, 0.717) is 11.4 Å². The molecule has 140 valence electrons. The molecule has 0 fully saturated rings. The Hall–Kier alpha value is -2.55. The van der Waals surface area contributed by atoms with Crippen LogP contribution in [0, 0.1) is 6.92 Å². The Morgan fingerprint density at radius 1 is 1.15 bits per heavy atom. The van der Waals surface area contributed by atoms with E-state index in [1.807, 2.05) is 0 Å². The molecule has 0 aliphatic rings. The number of halogens is 2. The van der Waals surface area contributed by atoms with E-state index in [2.05, 4.69) is 15.2 Å². The molecular formula is C17H13Cl2N3O4S. The summed E-state index contributed by atoms with van der Waals surface area (Å²) < 4.78 is 32.3. The number of carbonyl (C=O) groups excluding carboxylic acids is 1. The smallest absolute Gasteiger partial charge is 0.261 e. The largest absolute Gasteiger partial charge is 0.361 e. The Morgan fingerprint density at radius 2 is 1.93 bits per heavy atom. The van der Waals surface area contributed by atoms with Gasteiger partial charge in [-0.25, -0.2) is 8.42 Å². The third kappa shape index (κ3) is 4.41. The van der Waals surface area contributed by atoms with Crippen molar-refractivity contribution in [3.63, 3.8) is 0 Å². The van der Waals surface area contributed by atoms with Crippen molar-refractivity contribution in [1.82, 2.24) is 5.16 Å². The van der Waals surface area contributed by atoms with E-state index in [-0.39, 0.29) is 26.2 Å². The standard InChI is InChI=1S/C17H13Cl2N3O4S/c1-10-14(9-20-26-10)17(23)21-12-5-6-15(19)16(8-12)22-27(24,25)13-4-2-3-11(18)7-13/h2-9,22H,1H3,(H,21,23). The number of rotatable bonds is 5. The maximum Gasteiger partial charge on any atom is 0.261 e. The van der Waals surface area contributed by atoms with Crippen molar-refractivity contribution in [3.05, 3.63) is 70.0 Å².